The zero-order valence-corrected chi connectivity index (χ0v) is 7.90. The summed E-state index contributed by atoms with van der Waals surface area (Å²) in [6, 6.07) is 5.54. The molecule has 0 aliphatic heterocycles. The SMILES string of the molecule is NCc1cccc(OC2CC2)c1C=O. The highest BCUT2D eigenvalue weighted by Gasteiger charge is 2.24. The molecule has 0 radical (unpaired) electrons. The van der Waals surface area contributed by atoms with Crippen LogP contribution in [0.3, 0.4) is 0 Å². The molecule has 0 spiro atoms. The van der Waals surface area contributed by atoms with E-state index in [0.717, 1.165) is 24.7 Å². The molecule has 0 amide bonds. The molecule has 14 heavy (non-hydrogen) atoms. The van der Waals surface area contributed by atoms with Crippen molar-refractivity contribution in [1.29, 1.82) is 0 Å². The lowest BCUT2D eigenvalue weighted by molar-refractivity contribution is 0.111. The second-order valence-electron chi connectivity index (χ2n) is 3.47. The predicted octanol–water partition coefficient (Wildman–Crippen LogP) is 1.50. The molecule has 1 aromatic rings. The fourth-order valence-corrected chi connectivity index (χ4v) is 1.37. The Balaban J connectivity index is 2.30. The maximum absolute atomic E-state index is 10.9. The Morgan fingerprint density at radius 2 is 2.29 bits per heavy atom. The van der Waals surface area contributed by atoms with Crippen LogP contribution in [0.4, 0.5) is 0 Å². The third kappa shape index (κ3) is 1.77. The molecule has 0 atom stereocenters. The summed E-state index contributed by atoms with van der Waals surface area (Å²) in [6.45, 7) is 0.371. The maximum Gasteiger partial charge on any atom is 0.154 e. The second-order valence-corrected chi connectivity index (χ2v) is 3.47. The molecule has 1 saturated carbocycles. The molecule has 0 bridgehead atoms. The van der Waals surface area contributed by atoms with Crippen molar-refractivity contribution in [2.75, 3.05) is 0 Å². The first kappa shape index (κ1) is 9.21. The summed E-state index contributed by atoms with van der Waals surface area (Å²) >= 11 is 0. The monoisotopic (exact) mass is 191 g/mol. The summed E-state index contributed by atoms with van der Waals surface area (Å²) in [7, 11) is 0. The van der Waals surface area contributed by atoms with Gasteiger partial charge in [0.1, 0.15) is 5.75 Å². The number of benzene rings is 1. The lowest BCUT2D eigenvalue weighted by atomic mass is 10.1. The number of hydrogen-bond donors (Lipinski definition) is 1. The van der Waals surface area contributed by atoms with Gasteiger partial charge in [-0.2, -0.15) is 0 Å². The van der Waals surface area contributed by atoms with Crippen molar-refractivity contribution in [2.45, 2.75) is 25.5 Å². The molecule has 2 N–H and O–H groups in total. The van der Waals surface area contributed by atoms with E-state index in [1.54, 1.807) is 0 Å². The van der Waals surface area contributed by atoms with Crippen LogP contribution in [0.2, 0.25) is 0 Å². The van der Waals surface area contributed by atoms with Gasteiger partial charge in [-0.25, -0.2) is 0 Å². The minimum Gasteiger partial charge on any atom is -0.490 e. The molecule has 0 saturated heterocycles. The van der Waals surface area contributed by atoms with Crippen molar-refractivity contribution in [3.63, 3.8) is 0 Å². The van der Waals surface area contributed by atoms with E-state index >= 15 is 0 Å². The van der Waals surface area contributed by atoms with Crippen LogP contribution in [0, 0.1) is 0 Å². The van der Waals surface area contributed by atoms with E-state index in [2.05, 4.69) is 0 Å². The molecule has 0 unspecified atom stereocenters. The first-order chi connectivity index (χ1) is 6.85. The van der Waals surface area contributed by atoms with Crippen LogP contribution in [0.15, 0.2) is 18.2 Å². The van der Waals surface area contributed by atoms with Gasteiger partial charge in [0.05, 0.1) is 11.7 Å². The van der Waals surface area contributed by atoms with Crippen LogP contribution >= 0.6 is 0 Å². The smallest absolute Gasteiger partial charge is 0.154 e. The minimum atomic E-state index is 0.307. The molecule has 2 rings (SSSR count). The normalized spacial score (nSPS) is 15.2. The van der Waals surface area contributed by atoms with Gasteiger partial charge in [-0.15, -0.1) is 0 Å². The maximum atomic E-state index is 10.9. The van der Waals surface area contributed by atoms with E-state index in [1.165, 1.54) is 0 Å². The van der Waals surface area contributed by atoms with Crippen molar-refractivity contribution >= 4 is 6.29 Å². The fourth-order valence-electron chi connectivity index (χ4n) is 1.37. The lowest BCUT2D eigenvalue weighted by Crippen LogP contribution is -2.05. The van der Waals surface area contributed by atoms with E-state index in [4.69, 9.17) is 10.5 Å². The molecule has 1 fully saturated rings. The van der Waals surface area contributed by atoms with Crippen LogP contribution in [0.1, 0.15) is 28.8 Å². The van der Waals surface area contributed by atoms with E-state index in [1.807, 2.05) is 18.2 Å². The summed E-state index contributed by atoms with van der Waals surface area (Å²) in [6.07, 6.45) is 3.30. The van der Waals surface area contributed by atoms with Crippen LogP contribution in [-0.4, -0.2) is 12.4 Å². The molecule has 1 aliphatic carbocycles. The highest BCUT2D eigenvalue weighted by atomic mass is 16.5. The standard InChI is InChI=1S/C11H13NO2/c12-6-8-2-1-3-11(10(8)7-13)14-9-4-5-9/h1-3,7,9H,4-6,12H2. The van der Waals surface area contributed by atoms with E-state index in [0.29, 0.717) is 24.0 Å². The number of hydrogen-bond acceptors (Lipinski definition) is 3. The first-order valence-electron chi connectivity index (χ1n) is 4.79. The van der Waals surface area contributed by atoms with Crippen LogP contribution in [0.25, 0.3) is 0 Å². The zero-order valence-electron chi connectivity index (χ0n) is 7.90. The topological polar surface area (TPSA) is 52.3 Å². The van der Waals surface area contributed by atoms with E-state index < -0.39 is 0 Å². The number of rotatable bonds is 4. The summed E-state index contributed by atoms with van der Waals surface area (Å²) in [5.41, 5.74) is 6.97. The Labute approximate surface area is 82.9 Å². The summed E-state index contributed by atoms with van der Waals surface area (Å²) in [4.78, 5) is 10.9. The quantitative estimate of drug-likeness (QED) is 0.734. The van der Waals surface area contributed by atoms with E-state index in [-0.39, 0.29) is 0 Å². The number of ether oxygens (including phenoxy) is 1. The zero-order chi connectivity index (χ0) is 9.97. The summed E-state index contributed by atoms with van der Waals surface area (Å²) < 4.78 is 5.60. The lowest BCUT2D eigenvalue weighted by Gasteiger charge is -2.09. The van der Waals surface area contributed by atoms with Crippen molar-refractivity contribution in [3.8, 4) is 5.75 Å². The highest BCUT2D eigenvalue weighted by molar-refractivity contribution is 5.81. The van der Waals surface area contributed by atoms with Crippen LogP contribution < -0.4 is 10.5 Å². The van der Waals surface area contributed by atoms with Gasteiger partial charge < -0.3 is 10.5 Å². The third-order valence-corrected chi connectivity index (χ3v) is 2.31. The number of aldehydes is 1. The first-order valence-corrected chi connectivity index (χ1v) is 4.79. The van der Waals surface area contributed by atoms with Gasteiger partial charge in [0.15, 0.2) is 6.29 Å². The molecule has 74 valence electrons. The molecular weight excluding hydrogens is 178 g/mol. The number of nitrogens with two attached hydrogens (primary N) is 1. The van der Waals surface area contributed by atoms with E-state index in [9.17, 15) is 4.79 Å². The van der Waals surface area contributed by atoms with Crippen molar-refractivity contribution in [1.82, 2.24) is 0 Å². The molecule has 0 heterocycles. The van der Waals surface area contributed by atoms with Gasteiger partial charge in [-0.1, -0.05) is 12.1 Å². The molecule has 1 aromatic carbocycles. The largest absolute Gasteiger partial charge is 0.490 e. The average Bonchev–Trinajstić information content (AvgIpc) is 3.01. The molecule has 3 heteroatoms. The number of carbonyl (C=O) groups excluding carboxylic acids is 1. The van der Waals surface area contributed by atoms with Gasteiger partial charge in [0.2, 0.25) is 0 Å². The van der Waals surface area contributed by atoms with Gasteiger partial charge in [-0.05, 0) is 24.5 Å². The second kappa shape index (κ2) is 3.80. The molecule has 1 aliphatic rings. The van der Waals surface area contributed by atoms with Gasteiger partial charge in [-0.3, -0.25) is 4.79 Å². The van der Waals surface area contributed by atoms with Crippen molar-refractivity contribution in [2.24, 2.45) is 5.73 Å². The fraction of sp³-hybridized carbons (Fsp3) is 0.364. The Hall–Kier alpha value is -1.35. The highest BCUT2D eigenvalue weighted by Crippen LogP contribution is 2.29. The van der Waals surface area contributed by atoms with Gasteiger partial charge in [0.25, 0.3) is 0 Å². The van der Waals surface area contributed by atoms with Crippen molar-refractivity contribution < 1.29 is 9.53 Å². The van der Waals surface area contributed by atoms with Crippen molar-refractivity contribution in [3.05, 3.63) is 29.3 Å². The van der Waals surface area contributed by atoms with Crippen LogP contribution in [-0.2, 0) is 6.54 Å². The average molecular weight is 191 g/mol. The Kier molecular flexibility index (Phi) is 2.50. The van der Waals surface area contributed by atoms with Gasteiger partial charge in [0, 0.05) is 6.54 Å². The molecule has 0 aromatic heterocycles. The number of carbonyl (C=O) groups is 1. The Bertz CT molecular complexity index is 345. The van der Waals surface area contributed by atoms with Crippen LogP contribution in [0.5, 0.6) is 5.75 Å². The summed E-state index contributed by atoms with van der Waals surface area (Å²) in [5.74, 6) is 0.672. The third-order valence-electron chi connectivity index (χ3n) is 2.31. The van der Waals surface area contributed by atoms with Gasteiger partial charge >= 0.3 is 0 Å². The predicted molar refractivity (Wildman–Crippen MR) is 53.4 cm³/mol. The molecule has 3 nitrogen and oxygen atoms in total. The minimum absolute atomic E-state index is 0.307. The Morgan fingerprint density at radius 3 is 2.86 bits per heavy atom. The Morgan fingerprint density at radius 1 is 1.50 bits per heavy atom. The summed E-state index contributed by atoms with van der Waals surface area (Å²) in [5, 5.41) is 0. The molecular formula is C11H13NO2.